The molecule has 0 aliphatic heterocycles. The maximum Gasteiger partial charge on any atom is 0.0400 e. The lowest BCUT2D eigenvalue weighted by atomic mass is 10.5. The fourth-order valence-electron chi connectivity index (χ4n) is 0.889. The highest BCUT2D eigenvalue weighted by Gasteiger charge is 1.80. The lowest BCUT2D eigenvalue weighted by Crippen LogP contribution is -2.04. The Morgan fingerprint density at radius 3 is 2.64 bits per heavy atom. The Labute approximate surface area is 67.5 Å². The first kappa shape index (κ1) is 8.08. The Bertz CT molecular complexity index is 199. The van der Waals surface area contributed by atoms with Crippen LogP contribution in [0.2, 0.25) is 0 Å². The van der Waals surface area contributed by atoms with Crippen LogP contribution < -0.4 is 5.32 Å². The molecule has 0 aromatic carbocycles. The standard InChI is InChI=1S/C9H14N2/c1-10-6-2-3-7-11-8-4-5-9-11/h2-5,8-10H,6-7H2,1H3/b3-2-. The predicted molar refractivity (Wildman–Crippen MR) is 47.5 cm³/mol. The number of nitrogens with zero attached hydrogens (tertiary/aromatic N) is 1. The molecular formula is C9H14N2. The highest BCUT2D eigenvalue weighted by molar-refractivity contribution is 4.93. The normalized spacial score (nSPS) is 11.0. The van der Waals surface area contributed by atoms with E-state index in [0.29, 0.717) is 0 Å². The van der Waals surface area contributed by atoms with Gasteiger partial charge in [0.2, 0.25) is 0 Å². The Hall–Kier alpha value is -1.02. The van der Waals surface area contributed by atoms with Crippen LogP contribution in [0, 0.1) is 0 Å². The van der Waals surface area contributed by atoms with Gasteiger partial charge in [-0.2, -0.15) is 0 Å². The number of aromatic nitrogens is 1. The highest BCUT2D eigenvalue weighted by Crippen LogP contribution is 1.89. The number of nitrogens with one attached hydrogen (secondary N) is 1. The average molecular weight is 150 g/mol. The molecule has 0 amide bonds. The third-order valence-electron chi connectivity index (χ3n) is 1.47. The smallest absolute Gasteiger partial charge is 0.0400 e. The van der Waals surface area contributed by atoms with Crippen molar-refractivity contribution in [1.82, 2.24) is 9.88 Å². The molecule has 0 bridgehead atoms. The van der Waals surface area contributed by atoms with Crippen molar-refractivity contribution in [3.63, 3.8) is 0 Å². The van der Waals surface area contributed by atoms with Crippen LogP contribution in [0.1, 0.15) is 0 Å². The molecule has 11 heavy (non-hydrogen) atoms. The summed E-state index contributed by atoms with van der Waals surface area (Å²) in [7, 11) is 1.94. The topological polar surface area (TPSA) is 17.0 Å². The molecule has 0 radical (unpaired) electrons. The monoisotopic (exact) mass is 150 g/mol. The summed E-state index contributed by atoms with van der Waals surface area (Å²) in [6.07, 6.45) is 8.39. The quantitative estimate of drug-likeness (QED) is 0.639. The maximum absolute atomic E-state index is 3.05. The van der Waals surface area contributed by atoms with Crippen LogP contribution in [0.4, 0.5) is 0 Å². The zero-order valence-electron chi connectivity index (χ0n) is 6.83. The number of hydrogen-bond donors (Lipinski definition) is 1. The van der Waals surface area contributed by atoms with Crippen LogP contribution in [0.25, 0.3) is 0 Å². The van der Waals surface area contributed by atoms with Crippen LogP contribution in [0.15, 0.2) is 36.7 Å². The highest BCUT2D eigenvalue weighted by atomic mass is 14.9. The third kappa shape index (κ3) is 3.05. The van der Waals surface area contributed by atoms with E-state index < -0.39 is 0 Å². The van der Waals surface area contributed by atoms with Gasteiger partial charge in [0.05, 0.1) is 0 Å². The molecule has 0 saturated carbocycles. The van der Waals surface area contributed by atoms with Gasteiger partial charge >= 0.3 is 0 Å². The lowest BCUT2D eigenvalue weighted by Gasteiger charge is -1.94. The van der Waals surface area contributed by atoms with Gasteiger partial charge in [-0.15, -0.1) is 0 Å². The SMILES string of the molecule is CNC/C=C\Cn1cccc1. The predicted octanol–water partition coefficient (Wildman–Crippen LogP) is 1.26. The number of allylic oxidation sites excluding steroid dienone is 1. The van der Waals surface area contributed by atoms with Gasteiger partial charge in [0.1, 0.15) is 0 Å². The third-order valence-corrected chi connectivity index (χ3v) is 1.47. The fraction of sp³-hybridized carbons (Fsp3) is 0.333. The summed E-state index contributed by atoms with van der Waals surface area (Å²) >= 11 is 0. The van der Waals surface area contributed by atoms with E-state index in [4.69, 9.17) is 0 Å². The first-order chi connectivity index (χ1) is 5.43. The maximum atomic E-state index is 3.05. The molecule has 0 fully saturated rings. The number of rotatable bonds is 4. The first-order valence-electron chi connectivity index (χ1n) is 3.84. The lowest BCUT2D eigenvalue weighted by molar-refractivity contribution is 0.821. The van der Waals surface area contributed by atoms with Gasteiger partial charge in [0, 0.05) is 25.5 Å². The van der Waals surface area contributed by atoms with Gasteiger partial charge in [-0.05, 0) is 19.2 Å². The van der Waals surface area contributed by atoms with Crippen LogP contribution >= 0.6 is 0 Å². The Balaban J connectivity index is 2.23. The van der Waals surface area contributed by atoms with Crippen molar-refractivity contribution in [3.05, 3.63) is 36.7 Å². The van der Waals surface area contributed by atoms with Gasteiger partial charge in [-0.25, -0.2) is 0 Å². The molecule has 1 heterocycles. The van der Waals surface area contributed by atoms with Gasteiger partial charge in [0.15, 0.2) is 0 Å². The summed E-state index contributed by atoms with van der Waals surface area (Å²) in [6.45, 7) is 1.91. The second-order valence-corrected chi connectivity index (χ2v) is 2.41. The van der Waals surface area contributed by atoms with Crippen LogP contribution in [-0.4, -0.2) is 18.2 Å². The minimum atomic E-state index is 0.946. The van der Waals surface area contributed by atoms with Crippen LogP contribution in [0.3, 0.4) is 0 Å². The van der Waals surface area contributed by atoms with Gasteiger partial charge < -0.3 is 9.88 Å². The van der Waals surface area contributed by atoms with Crippen molar-refractivity contribution in [3.8, 4) is 0 Å². The summed E-state index contributed by atoms with van der Waals surface area (Å²) in [4.78, 5) is 0. The van der Waals surface area contributed by atoms with Crippen molar-refractivity contribution in [2.24, 2.45) is 0 Å². The second kappa shape index (κ2) is 4.74. The van der Waals surface area contributed by atoms with E-state index in [1.807, 2.05) is 19.2 Å². The molecule has 0 aliphatic rings. The van der Waals surface area contributed by atoms with Crippen LogP contribution in [0.5, 0.6) is 0 Å². The van der Waals surface area contributed by atoms with Gasteiger partial charge in [-0.3, -0.25) is 0 Å². The van der Waals surface area contributed by atoms with Crippen molar-refractivity contribution in [2.45, 2.75) is 6.54 Å². The number of hydrogen-bond acceptors (Lipinski definition) is 1. The summed E-state index contributed by atoms with van der Waals surface area (Å²) in [6, 6.07) is 4.07. The van der Waals surface area contributed by atoms with E-state index in [2.05, 4.69) is 34.4 Å². The molecule has 0 unspecified atom stereocenters. The van der Waals surface area contributed by atoms with E-state index in [1.54, 1.807) is 0 Å². The van der Waals surface area contributed by atoms with E-state index in [-0.39, 0.29) is 0 Å². The minimum absolute atomic E-state index is 0.946. The largest absolute Gasteiger partial charge is 0.351 e. The molecule has 2 heteroatoms. The first-order valence-corrected chi connectivity index (χ1v) is 3.84. The summed E-state index contributed by atoms with van der Waals surface area (Å²) < 4.78 is 2.13. The average Bonchev–Trinajstić information content (AvgIpc) is 2.50. The molecule has 60 valence electrons. The zero-order valence-corrected chi connectivity index (χ0v) is 6.83. The molecule has 2 nitrogen and oxygen atoms in total. The molecule has 0 atom stereocenters. The number of likely N-dealkylation sites (N-methyl/N-ethyl adjacent to an activating group) is 1. The van der Waals surface area contributed by atoms with Gasteiger partial charge in [0.25, 0.3) is 0 Å². The molecule has 0 aliphatic carbocycles. The Morgan fingerprint density at radius 2 is 2.00 bits per heavy atom. The molecule has 0 saturated heterocycles. The van der Waals surface area contributed by atoms with Crippen molar-refractivity contribution >= 4 is 0 Å². The van der Waals surface area contributed by atoms with Crippen molar-refractivity contribution in [1.29, 1.82) is 0 Å². The molecular weight excluding hydrogens is 136 g/mol. The molecule has 1 aromatic heterocycles. The minimum Gasteiger partial charge on any atom is -0.351 e. The van der Waals surface area contributed by atoms with Crippen molar-refractivity contribution < 1.29 is 0 Å². The zero-order chi connectivity index (χ0) is 7.94. The second-order valence-electron chi connectivity index (χ2n) is 2.41. The van der Waals surface area contributed by atoms with E-state index in [1.165, 1.54) is 0 Å². The van der Waals surface area contributed by atoms with E-state index in [9.17, 15) is 0 Å². The summed E-state index contributed by atoms with van der Waals surface area (Å²) in [5.74, 6) is 0. The molecule has 1 rings (SSSR count). The molecule has 1 aromatic rings. The van der Waals surface area contributed by atoms with Crippen LogP contribution in [-0.2, 0) is 6.54 Å². The molecule has 1 N–H and O–H groups in total. The Kier molecular flexibility index (Phi) is 3.48. The Morgan fingerprint density at radius 1 is 1.27 bits per heavy atom. The van der Waals surface area contributed by atoms with E-state index >= 15 is 0 Å². The summed E-state index contributed by atoms with van der Waals surface area (Å²) in [5, 5.41) is 3.05. The molecule has 0 spiro atoms. The van der Waals surface area contributed by atoms with Crippen molar-refractivity contribution in [2.75, 3.05) is 13.6 Å². The summed E-state index contributed by atoms with van der Waals surface area (Å²) in [5.41, 5.74) is 0. The van der Waals surface area contributed by atoms with E-state index in [0.717, 1.165) is 13.1 Å². The fourth-order valence-corrected chi connectivity index (χ4v) is 0.889. The van der Waals surface area contributed by atoms with Gasteiger partial charge in [-0.1, -0.05) is 12.2 Å².